The molecular weight excluding hydrogens is 246 g/mol. The minimum atomic E-state index is 0.261. The maximum Gasteiger partial charge on any atom is 0.148 e. The first-order valence-corrected chi connectivity index (χ1v) is 6.30. The topological polar surface area (TPSA) is 31.4 Å². The minimum absolute atomic E-state index is 0.261. The predicted molar refractivity (Wildman–Crippen MR) is 72.0 cm³/mol. The lowest BCUT2D eigenvalue weighted by molar-refractivity contribution is 0.305. The molecule has 1 heterocycles. The van der Waals surface area contributed by atoms with E-state index in [4.69, 9.17) is 15.9 Å². The molecule has 0 unspecified atom stereocenters. The Balaban J connectivity index is 1.95. The lowest BCUT2D eigenvalue weighted by Gasteiger charge is -2.07. The second kappa shape index (κ2) is 6.08. The second-order valence-corrected chi connectivity index (χ2v) is 4.92. The van der Waals surface area contributed by atoms with Crippen LogP contribution in [0.1, 0.15) is 9.88 Å². The van der Waals surface area contributed by atoms with Crippen LogP contribution in [0.2, 0.25) is 0 Å². The summed E-state index contributed by atoms with van der Waals surface area (Å²) < 4.78 is 11.0. The van der Waals surface area contributed by atoms with Gasteiger partial charge in [0.05, 0.1) is 9.88 Å². The molecule has 0 fully saturated rings. The van der Waals surface area contributed by atoms with E-state index in [1.807, 2.05) is 37.4 Å². The SMILES string of the molecule is C#CCOc1cccc(OCc2cnc(C)s2)c1. The summed E-state index contributed by atoms with van der Waals surface area (Å²) in [5, 5.41) is 1.04. The Bertz CT molecular complexity index is 557. The number of aromatic nitrogens is 1. The number of thiazole rings is 1. The van der Waals surface area contributed by atoms with Crippen molar-refractivity contribution in [3.63, 3.8) is 0 Å². The zero-order valence-electron chi connectivity index (χ0n) is 10.1. The smallest absolute Gasteiger partial charge is 0.148 e. The van der Waals surface area contributed by atoms with Crippen molar-refractivity contribution in [3.8, 4) is 23.8 Å². The first-order chi connectivity index (χ1) is 8.78. The Morgan fingerprint density at radius 1 is 1.33 bits per heavy atom. The predicted octanol–water partition coefficient (Wildman–Crippen LogP) is 3.04. The largest absolute Gasteiger partial charge is 0.488 e. The zero-order chi connectivity index (χ0) is 12.8. The van der Waals surface area contributed by atoms with Crippen LogP contribution in [-0.2, 0) is 6.61 Å². The van der Waals surface area contributed by atoms with Crippen molar-refractivity contribution < 1.29 is 9.47 Å². The van der Waals surface area contributed by atoms with Gasteiger partial charge in [-0.05, 0) is 19.1 Å². The molecule has 0 saturated carbocycles. The van der Waals surface area contributed by atoms with E-state index in [-0.39, 0.29) is 6.61 Å². The van der Waals surface area contributed by atoms with Crippen molar-refractivity contribution in [2.24, 2.45) is 0 Å². The summed E-state index contributed by atoms with van der Waals surface area (Å²) >= 11 is 1.63. The Morgan fingerprint density at radius 3 is 2.78 bits per heavy atom. The van der Waals surface area contributed by atoms with Gasteiger partial charge in [-0.25, -0.2) is 4.98 Å². The summed E-state index contributed by atoms with van der Waals surface area (Å²) in [6.45, 7) is 2.75. The first-order valence-electron chi connectivity index (χ1n) is 5.48. The fourth-order valence-corrected chi connectivity index (χ4v) is 2.11. The van der Waals surface area contributed by atoms with Crippen LogP contribution in [0.25, 0.3) is 0 Å². The molecule has 1 aromatic carbocycles. The van der Waals surface area contributed by atoms with Gasteiger partial charge in [0.1, 0.15) is 24.7 Å². The third-order valence-corrected chi connectivity index (χ3v) is 3.06. The molecule has 0 N–H and O–H groups in total. The second-order valence-electron chi connectivity index (χ2n) is 3.60. The van der Waals surface area contributed by atoms with Gasteiger partial charge in [0.15, 0.2) is 0 Å². The van der Waals surface area contributed by atoms with Gasteiger partial charge in [-0.2, -0.15) is 0 Å². The van der Waals surface area contributed by atoms with Gasteiger partial charge in [0.25, 0.3) is 0 Å². The summed E-state index contributed by atoms with van der Waals surface area (Å²) in [6.07, 6.45) is 6.97. The van der Waals surface area contributed by atoms with Gasteiger partial charge in [-0.1, -0.05) is 12.0 Å². The number of terminal acetylenes is 1. The van der Waals surface area contributed by atoms with Crippen LogP contribution in [0.15, 0.2) is 30.5 Å². The van der Waals surface area contributed by atoms with Crippen LogP contribution in [-0.4, -0.2) is 11.6 Å². The van der Waals surface area contributed by atoms with E-state index < -0.39 is 0 Å². The van der Waals surface area contributed by atoms with Crippen LogP contribution in [0.4, 0.5) is 0 Å². The standard InChI is InChI=1S/C14H13NO2S/c1-3-7-16-12-5-4-6-13(8-12)17-10-14-9-15-11(2)18-14/h1,4-6,8-9H,7,10H2,2H3. The van der Waals surface area contributed by atoms with Gasteiger partial charge in [0, 0.05) is 12.3 Å². The number of hydrogen-bond donors (Lipinski definition) is 0. The van der Waals surface area contributed by atoms with E-state index in [2.05, 4.69) is 10.9 Å². The van der Waals surface area contributed by atoms with Gasteiger partial charge < -0.3 is 9.47 Å². The summed E-state index contributed by atoms with van der Waals surface area (Å²) in [7, 11) is 0. The normalized spacial score (nSPS) is 9.78. The number of ether oxygens (including phenoxy) is 2. The van der Waals surface area contributed by atoms with E-state index in [0.29, 0.717) is 12.4 Å². The molecule has 0 amide bonds. The van der Waals surface area contributed by atoms with Gasteiger partial charge >= 0.3 is 0 Å². The Morgan fingerprint density at radius 2 is 2.11 bits per heavy atom. The molecule has 0 saturated heterocycles. The number of hydrogen-bond acceptors (Lipinski definition) is 4. The van der Waals surface area contributed by atoms with E-state index in [1.165, 1.54) is 0 Å². The molecule has 2 rings (SSSR count). The highest BCUT2D eigenvalue weighted by molar-refractivity contribution is 7.11. The van der Waals surface area contributed by atoms with Crippen LogP contribution >= 0.6 is 11.3 Å². The summed E-state index contributed by atoms with van der Waals surface area (Å²) in [5.41, 5.74) is 0. The molecule has 2 aromatic rings. The van der Waals surface area contributed by atoms with Crippen molar-refractivity contribution in [3.05, 3.63) is 40.3 Å². The van der Waals surface area contributed by atoms with Gasteiger partial charge in [0.2, 0.25) is 0 Å². The molecule has 0 aliphatic rings. The van der Waals surface area contributed by atoms with E-state index in [0.717, 1.165) is 15.6 Å². The molecule has 0 bridgehead atoms. The number of nitrogens with zero attached hydrogens (tertiary/aromatic N) is 1. The van der Waals surface area contributed by atoms with Crippen molar-refractivity contribution in [2.45, 2.75) is 13.5 Å². The maximum absolute atomic E-state index is 5.66. The van der Waals surface area contributed by atoms with Crippen LogP contribution in [0, 0.1) is 19.3 Å². The van der Waals surface area contributed by atoms with Gasteiger partial charge in [-0.3, -0.25) is 0 Å². The fourth-order valence-electron chi connectivity index (χ4n) is 1.41. The molecule has 92 valence electrons. The van der Waals surface area contributed by atoms with E-state index in [1.54, 1.807) is 11.3 Å². The Labute approximate surface area is 110 Å². The molecule has 0 radical (unpaired) electrons. The Hall–Kier alpha value is -1.99. The molecule has 0 aliphatic carbocycles. The highest BCUT2D eigenvalue weighted by Gasteiger charge is 2.01. The lowest BCUT2D eigenvalue weighted by atomic mass is 10.3. The molecule has 0 aliphatic heterocycles. The van der Waals surface area contributed by atoms with Crippen molar-refractivity contribution in [2.75, 3.05) is 6.61 Å². The molecule has 18 heavy (non-hydrogen) atoms. The lowest BCUT2D eigenvalue weighted by Crippen LogP contribution is -1.96. The maximum atomic E-state index is 5.66. The van der Waals surface area contributed by atoms with Crippen LogP contribution in [0.5, 0.6) is 11.5 Å². The highest BCUT2D eigenvalue weighted by atomic mass is 32.1. The van der Waals surface area contributed by atoms with Crippen molar-refractivity contribution in [1.29, 1.82) is 0 Å². The van der Waals surface area contributed by atoms with Crippen molar-refractivity contribution >= 4 is 11.3 Å². The molecule has 0 atom stereocenters. The average Bonchev–Trinajstić information content (AvgIpc) is 2.80. The average molecular weight is 259 g/mol. The van der Waals surface area contributed by atoms with E-state index >= 15 is 0 Å². The number of benzene rings is 1. The quantitative estimate of drug-likeness (QED) is 0.773. The van der Waals surface area contributed by atoms with Gasteiger partial charge in [-0.15, -0.1) is 17.8 Å². The third kappa shape index (κ3) is 3.51. The molecule has 1 aromatic heterocycles. The van der Waals surface area contributed by atoms with Crippen molar-refractivity contribution in [1.82, 2.24) is 4.98 Å². The Kier molecular flexibility index (Phi) is 4.21. The number of rotatable bonds is 5. The molecule has 3 nitrogen and oxygen atoms in total. The third-order valence-electron chi connectivity index (χ3n) is 2.18. The fraction of sp³-hybridized carbons (Fsp3) is 0.214. The van der Waals surface area contributed by atoms with Crippen LogP contribution in [0.3, 0.4) is 0 Å². The molecule has 0 spiro atoms. The zero-order valence-corrected chi connectivity index (χ0v) is 10.9. The summed E-state index contributed by atoms with van der Waals surface area (Å²) in [4.78, 5) is 5.28. The number of aryl methyl sites for hydroxylation is 1. The monoisotopic (exact) mass is 259 g/mol. The minimum Gasteiger partial charge on any atom is -0.488 e. The summed E-state index contributed by atoms with van der Waals surface area (Å²) in [5.74, 6) is 3.90. The molecular formula is C14H13NO2S. The highest BCUT2D eigenvalue weighted by Crippen LogP contribution is 2.21. The molecule has 4 heteroatoms. The van der Waals surface area contributed by atoms with E-state index in [9.17, 15) is 0 Å². The summed E-state index contributed by atoms with van der Waals surface area (Å²) in [6, 6.07) is 7.43. The van der Waals surface area contributed by atoms with Crippen LogP contribution < -0.4 is 9.47 Å². The first kappa shape index (κ1) is 12.5.